The van der Waals surface area contributed by atoms with Gasteiger partial charge in [0.05, 0.1) is 59.5 Å². The molecule has 0 aliphatic carbocycles. The number of hydroxylamine groups is 2. The van der Waals surface area contributed by atoms with E-state index in [2.05, 4.69) is 5.32 Å². The Kier molecular flexibility index (Phi) is 16.6. The van der Waals surface area contributed by atoms with Crippen molar-refractivity contribution in [3.8, 4) is 0 Å². The number of nitrogens with zero attached hydrogens (tertiary/aromatic N) is 1. The fourth-order valence-electron chi connectivity index (χ4n) is 2.78. The van der Waals surface area contributed by atoms with Gasteiger partial charge in [-0.25, -0.2) is 9.59 Å². The summed E-state index contributed by atoms with van der Waals surface area (Å²) in [7, 11) is 1.61. The van der Waals surface area contributed by atoms with E-state index in [1.165, 1.54) is 0 Å². The standard InChI is InChI=1S/C22H38N2O11/c1-17(2)16-18(21(27)35-24-19(25)4-5-20(24)26)23-22(28)34-15-14-33-13-12-32-11-10-31-9-8-30-7-6-29-3/h17-18H,4-16H2,1-3H3,(H,23,28)/t18-/m0/s1. The van der Waals surface area contributed by atoms with Gasteiger partial charge in [-0.05, 0) is 12.3 Å². The molecule has 0 radical (unpaired) electrons. The van der Waals surface area contributed by atoms with E-state index in [1.54, 1.807) is 7.11 Å². The van der Waals surface area contributed by atoms with Gasteiger partial charge < -0.3 is 38.6 Å². The van der Waals surface area contributed by atoms with Crippen LogP contribution in [0.3, 0.4) is 0 Å². The van der Waals surface area contributed by atoms with Crippen molar-refractivity contribution in [1.82, 2.24) is 10.4 Å². The fourth-order valence-corrected chi connectivity index (χ4v) is 2.78. The molecule has 0 aromatic heterocycles. The number of hydrogen-bond donors (Lipinski definition) is 1. The molecule has 13 heteroatoms. The molecule has 13 nitrogen and oxygen atoms in total. The first-order valence-corrected chi connectivity index (χ1v) is 11.7. The SMILES string of the molecule is COCCOCCOCCOCCOCCOC(=O)N[C@@H](CC(C)C)C(=O)ON1C(=O)CCC1=O. The number of carbonyl (C=O) groups excluding carboxylic acids is 4. The van der Waals surface area contributed by atoms with Gasteiger partial charge in [0.25, 0.3) is 11.8 Å². The van der Waals surface area contributed by atoms with Crippen LogP contribution in [0, 0.1) is 5.92 Å². The lowest BCUT2D eigenvalue weighted by atomic mass is 10.0. The molecule has 35 heavy (non-hydrogen) atoms. The Hall–Kier alpha value is -2.32. The van der Waals surface area contributed by atoms with Crippen LogP contribution in [0.15, 0.2) is 0 Å². The number of imide groups is 1. The molecule has 0 aromatic rings. The first-order valence-electron chi connectivity index (χ1n) is 11.7. The van der Waals surface area contributed by atoms with Crippen LogP contribution in [-0.4, -0.2) is 108 Å². The molecule has 0 bridgehead atoms. The third kappa shape index (κ3) is 14.6. The highest BCUT2D eigenvalue weighted by molar-refractivity contribution is 6.01. The zero-order valence-corrected chi connectivity index (χ0v) is 20.8. The number of ether oxygens (including phenoxy) is 6. The molecule has 0 saturated carbocycles. The maximum absolute atomic E-state index is 12.4. The van der Waals surface area contributed by atoms with Gasteiger partial charge in [-0.1, -0.05) is 13.8 Å². The molecule has 1 saturated heterocycles. The van der Waals surface area contributed by atoms with Crippen LogP contribution in [0.25, 0.3) is 0 Å². The van der Waals surface area contributed by atoms with Gasteiger partial charge in [-0.2, -0.15) is 0 Å². The average molecular weight is 507 g/mol. The molecule has 3 amide bonds. The molecule has 1 fully saturated rings. The lowest BCUT2D eigenvalue weighted by Gasteiger charge is -2.21. The molecular formula is C22H38N2O11. The van der Waals surface area contributed by atoms with Crippen LogP contribution >= 0.6 is 0 Å². The van der Waals surface area contributed by atoms with Gasteiger partial charge in [0.2, 0.25) is 0 Å². The number of rotatable bonds is 20. The molecule has 1 heterocycles. The van der Waals surface area contributed by atoms with E-state index >= 15 is 0 Å². The highest BCUT2D eigenvalue weighted by Crippen LogP contribution is 2.14. The van der Waals surface area contributed by atoms with Crippen molar-refractivity contribution < 1.29 is 52.4 Å². The first kappa shape index (κ1) is 30.7. The second kappa shape index (κ2) is 18.9. The van der Waals surface area contributed by atoms with Crippen molar-refractivity contribution >= 4 is 23.9 Å². The topological polar surface area (TPSA) is 148 Å². The minimum Gasteiger partial charge on any atom is -0.447 e. The Morgan fingerprint density at radius 3 is 1.71 bits per heavy atom. The number of hydrogen-bond acceptors (Lipinski definition) is 11. The van der Waals surface area contributed by atoms with Crippen molar-refractivity contribution in [2.24, 2.45) is 5.92 Å². The van der Waals surface area contributed by atoms with E-state index in [1.807, 2.05) is 13.8 Å². The van der Waals surface area contributed by atoms with Crippen LogP contribution in [-0.2, 0) is 47.6 Å². The highest BCUT2D eigenvalue weighted by Gasteiger charge is 2.35. The second-order valence-electron chi connectivity index (χ2n) is 7.90. The Morgan fingerprint density at radius 1 is 0.800 bits per heavy atom. The Morgan fingerprint density at radius 2 is 1.26 bits per heavy atom. The van der Waals surface area contributed by atoms with Crippen molar-refractivity contribution in [3.63, 3.8) is 0 Å². The van der Waals surface area contributed by atoms with Crippen LogP contribution < -0.4 is 5.32 Å². The van der Waals surface area contributed by atoms with Gasteiger partial charge in [-0.3, -0.25) is 9.59 Å². The quantitative estimate of drug-likeness (QED) is 0.181. The van der Waals surface area contributed by atoms with Crippen molar-refractivity contribution in [1.29, 1.82) is 0 Å². The maximum atomic E-state index is 12.4. The Bertz CT molecular complexity index is 629. The minimum absolute atomic E-state index is 0.0135. The van der Waals surface area contributed by atoms with Crippen molar-refractivity contribution in [3.05, 3.63) is 0 Å². The number of methoxy groups -OCH3 is 1. The van der Waals surface area contributed by atoms with Gasteiger partial charge in [0.15, 0.2) is 0 Å². The second-order valence-corrected chi connectivity index (χ2v) is 7.90. The molecule has 202 valence electrons. The summed E-state index contributed by atoms with van der Waals surface area (Å²) in [6.45, 7) is 7.39. The van der Waals surface area contributed by atoms with Crippen LogP contribution in [0.1, 0.15) is 33.1 Å². The van der Waals surface area contributed by atoms with E-state index in [4.69, 9.17) is 33.3 Å². The largest absolute Gasteiger partial charge is 0.447 e. The summed E-state index contributed by atoms with van der Waals surface area (Å²) >= 11 is 0. The van der Waals surface area contributed by atoms with Gasteiger partial charge >= 0.3 is 12.1 Å². The fraction of sp³-hybridized carbons (Fsp3) is 0.818. The monoisotopic (exact) mass is 506 g/mol. The molecule has 1 atom stereocenters. The van der Waals surface area contributed by atoms with Gasteiger partial charge in [0, 0.05) is 20.0 Å². The smallest absolute Gasteiger partial charge is 0.407 e. The normalized spacial score (nSPS) is 14.5. The van der Waals surface area contributed by atoms with Crippen LogP contribution in [0.2, 0.25) is 0 Å². The molecule has 1 aliphatic heterocycles. The van der Waals surface area contributed by atoms with E-state index in [0.29, 0.717) is 57.9 Å². The van der Waals surface area contributed by atoms with Crippen molar-refractivity contribution in [2.75, 3.05) is 73.2 Å². The Labute approximate surface area is 205 Å². The molecule has 0 spiro atoms. The number of amides is 3. The zero-order valence-electron chi connectivity index (χ0n) is 20.8. The van der Waals surface area contributed by atoms with E-state index in [9.17, 15) is 19.2 Å². The summed E-state index contributed by atoms with van der Waals surface area (Å²) in [5.41, 5.74) is 0. The van der Waals surface area contributed by atoms with E-state index in [0.717, 1.165) is 0 Å². The van der Waals surface area contributed by atoms with E-state index in [-0.39, 0.29) is 38.4 Å². The molecule has 1 N–H and O–H groups in total. The third-order valence-corrected chi connectivity index (χ3v) is 4.48. The number of carbonyl (C=O) groups is 4. The molecule has 0 unspecified atom stereocenters. The number of nitrogens with one attached hydrogen (secondary N) is 1. The average Bonchev–Trinajstić information content (AvgIpc) is 3.12. The molecular weight excluding hydrogens is 468 g/mol. The third-order valence-electron chi connectivity index (χ3n) is 4.48. The zero-order chi connectivity index (χ0) is 25.9. The van der Waals surface area contributed by atoms with Crippen molar-refractivity contribution in [2.45, 2.75) is 39.2 Å². The van der Waals surface area contributed by atoms with Gasteiger partial charge in [-0.15, -0.1) is 5.06 Å². The maximum Gasteiger partial charge on any atom is 0.407 e. The minimum atomic E-state index is -1.07. The molecule has 0 aromatic carbocycles. The predicted octanol–water partition coefficient (Wildman–Crippen LogP) is 0.447. The van der Waals surface area contributed by atoms with Crippen LogP contribution in [0.4, 0.5) is 4.79 Å². The Balaban J connectivity index is 2.10. The van der Waals surface area contributed by atoms with Crippen LogP contribution in [0.5, 0.6) is 0 Å². The molecule has 1 rings (SSSR count). The van der Waals surface area contributed by atoms with E-state index < -0.39 is 29.9 Å². The lowest BCUT2D eigenvalue weighted by Crippen LogP contribution is -2.46. The highest BCUT2D eigenvalue weighted by atomic mass is 16.7. The van der Waals surface area contributed by atoms with Gasteiger partial charge in [0.1, 0.15) is 12.6 Å². The summed E-state index contributed by atoms with van der Waals surface area (Å²) < 4.78 is 31.1. The summed E-state index contributed by atoms with van der Waals surface area (Å²) in [5.74, 6) is -2.06. The summed E-state index contributed by atoms with van der Waals surface area (Å²) in [6.07, 6.45) is -0.626. The summed E-state index contributed by atoms with van der Waals surface area (Å²) in [5, 5.41) is 2.86. The molecule has 1 aliphatic rings. The number of alkyl carbamates (subject to hydrolysis) is 1. The predicted molar refractivity (Wildman–Crippen MR) is 120 cm³/mol. The summed E-state index contributed by atoms with van der Waals surface area (Å²) in [6, 6.07) is -1.07. The first-order chi connectivity index (χ1) is 16.8. The lowest BCUT2D eigenvalue weighted by molar-refractivity contribution is -0.199. The summed E-state index contributed by atoms with van der Waals surface area (Å²) in [4.78, 5) is 52.6.